The molecule has 0 fully saturated rings. The number of thiazole rings is 1. The second kappa shape index (κ2) is 5.76. The maximum Gasteiger partial charge on any atom is 0.252 e. The van der Waals surface area contributed by atoms with Crippen LogP contribution in [-0.4, -0.2) is 17.3 Å². The number of nitrogens with zero attached hydrogens (tertiary/aromatic N) is 2. The number of carbonyl (C=O) groups excluding carboxylic acids is 1. The fraction of sp³-hybridized carbons (Fsp3) is 0.176. The van der Waals surface area contributed by atoms with Gasteiger partial charge in [-0.1, -0.05) is 17.4 Å². The molecule has 2 aromatic carbocycles. The van der Waals surface area contributed by atoms with Crippen LogP contribution >= 0.6 is 11.3 Å². The second-order valence-corrected chi connectivity index (χ2v) is 6.43. The van der Waals surface area contributed by atoms with E-state index in [-0.39, 0.29) is 24.9 Å². The van der Waals surface area contributed by atoms with Crippen LogP contribution in [0.2, 0.25) is 0 Å². The van der Waals surface area contributed by atoms with E-state index in [1.165, 1.54) is 23.5 Å². The molecule has 24 heavy (non-hydrogen) atoms. The molecule has 0 unspecified atom stereocenters. The van der Waals surface area contributed by atoms with E-state index in [1.807, 2.05) is 13.1 Å². The Labute approximate surface area is 140 Å². The number of ether oxygens (including phenoxy) is 2. The summed E-state index contributed by atoms with van der Waals surface area (Å²) in [6.45, 7) is 0.200. The van der Waals surface area contributed by atoms with Crippen LogP contribution in [0, 0.1) is 5.82 Å². The lowest BCUT2D eigenvalue weighted by Crippen LogP contribution is -2.14. The van der Waals surface area contributed by atoms with Crippen molar-refractivity contribution in [2.45, 2.75) is 6.42 Å². The fourth-order valence-electron chi connectivity index (χ4n) is 2.59. The quantitative estimate of drug-likeness (QED) is 0.718. The van der Waals surface area contributed by atoms with E-state index >= 15 is 0 Å². The zero-order valence-electron chi connectivity index (χ0n) is 12.8. The highest BCUT2D eigenvalue weighted by Gasteiger charge is 2.14. The van der Waals surface area contributed by atoms with Gasteiger partial charge in [0.15, 0.2) is 16.3 Å². The predicted octanol–water partition coefficient (Wildman–Crippen LogP) is 2.78. The number of aryl methyl sites for hydroxylation is 1. The lowest BCUT2D eigenvalue weighted by Gasteiger charge is -2.00. The minimum Gasteiger partial charge on any atom is -0.454 e. The van der Waals surface area contributed by atoms with E-state index < -0.39 is 0 Å². The lowest BCUT2D eigenvalue weighted by molar-refractivity contribution is -0.117. The van der Waals surface area contributed by atoms with Crippen LogP contribution in [0.1, 0.15) is 5.56 Å². The summed E-state index contributed by atoms with van der Waals surface area (Å²) in [6, 6.07) is 9.92. The maximum absolute atomic E-state index is 13.3. The Kier molecular flexibility index (Phi) is 3.57. The Bertz CT molecular complexity index is 1020. The highest BCUT2D eigenvalue weighted by molar-refractivity contribution is 7.16. The first kappa shape index (κ1) is 14.9. The second-order valence-electron chi connectivity index (χ2n) is 5.43. The van der Waals surface area contributed by atoms with Crippen molar-refractivity contribution in [1.82, 2.24) is 4.57 Å². The Morgan fingerprint density at radius 3 is 2.96 bits per heavy atom. The van der Waals surface area contributed by atoms with Gasteiger partial charge in [0, 0.05) is 7.05 Å². The van der Waals surface area contributed by atoms with Crippen molar-refractivity contribution >= 4 is 27.5 Å². The molecule has 0 saturated carbocycles. The first-order valence-electron chi connectivity index (χ1n) is 7.31. The number of aromatic nitrogens is 1. The number of carbonyl (C=O) groups is 1. The number of fused-ring (bicyclic) bond motifs is 2. The highest BCUT2D eigenvalue weighted by atomic mass is 32.1. The SMILES string of the molecule is Cn1c(=NC(=O)Cc2ccc3c(c2)OCO3)sc2cc(F)ccc21. The third-order valence-corrected chi connectivity index (χ3v) is 4.88. The van der Waals surface area contributed by atoms with Gasteiger partial charge in [0.05, 0.1) is 16.6 Å². The molecule has 0 saturated heterocycles. The zero-order chi connectivity index (χ0) is 16.7. The monoisotopic (exact) mass is 344 g/mol. The summed E-state index contributed by atoms with van der Waals surface area (Å²) in [5, 5.41) is 0. The standard InChI is InChI=1S/C17H13FN2O3S/c1-20-12-4-3-11(18)8-15(12)24-17(20)19-16(21)7-10-2-5-13-14(6-10)23-9-22-13/h2-6,8H,7,9H2,1H3. The van der Waals surface area contributed by atoms with Crippen molar-refractivity contribution in [1.29, 1.82) is 0 Å². The maximum atomic E-state index is 13.3. The number of hydrogen-bond donors (Lipinski definition) is 0. The summed E-state index contributed by atoms with van der Waals surface area (Å²) >= 11 is 1.29. The van der Waals surface area contributed by atoms with Crippen molar-refractivity contribution in [3.63, 3.8) is 0 Å². The molecule has 0 spiro atoms. The van der Waals surface area contributed by atoms with Crippen molar-refractivity contribution in [2.75, 3.05) is 6.79 Å². The third kappa shape index (κ3) is 2.67. The summed E-state index contributed by atoms with van der Waals surface area (Å²) in [7, 11) is 1.81. The lowest BCUT2D eigenvalue weighted by atomic mass is 10.1. The Balaban J connectivity index is 1.63. The molecule has 1 aliphatic rings. The van der Waals surface area contributed by atoms with Crippen molar-refractivity contribution in [2.24, 2.45) is 12.0 Å². The average molecular weight is 344 g/mol. The van der Waals surface area contributed by atoms with Crippen LogP contribution in [0.25, 0.3) is 10.2 Å². The average Bonchev–Trinajstić information content (AvgIpc) is 3.12. The van der Waals surface area contributed by atoms with E-state index in [9.17, 15) is 9.18 Å². The fourth-order valence-corrected chi connectivity index (χ4v) is 3.65. The summed E-state index contributed by atoms with van der Waals surface area (Å²) < 4.78 is 26.4. The third-order valence-electron chi connectivity index (χ3n) is 3.78. The van der Waals surface area contributed by atoms with Gasteiger partial charge in [-0.2, -0.15) is 4.99 Å². The number of amides is 1. The highest BCUT2D eigenvalue weighted by Crippen LogP contribution is 2.32. The molecule has 5 nitrogen and oxygen atoms in total. The van der Waals surface area contributed by atoms with Crippen LogP contribution in [0.15, 0.2) is 41.4 Å². The first-order valence-corrected chi connectivity index (χ1v) is 8.13. The Hall–Kier alpha value is -2.67. The topological polar surface area (TPSA) is 52.8 Å². The molecule has 1 aliphatic heterocycles. The molecule has 0 N–H and O–H groups in total. The van der Waals surface area contributed by atoms with Gasteiger partial charge >= 0.3 is 0 Å². The van der Waals surface area contributed by atoms with E-state index in [0.717, 1.165) is 15.8 Å². The number of halogens is 1. The van der Waals surface area contributed by atoms with Crippen LogP contribution in [0.4, 0.5) is 4.39 Å². The van der Waals surface area contributed by atoms with Gasteiger partial charge in [-0.25, -0.2) is 4.39 Å². The van der Waals surface area contributed by atoms with Gasteiger partial charge in [-0.3, -0.25) is 4.79 Å². The van der Waals surface area contributed by atoms with E-state index in [2.05, 4.69) is 4.99 Å². The first-order chi connectivity index (χ1) is 11.6. The van der Waals surface area contributed by atoms with E-state index in [0.29, 0.717) is 16.3 Å². The van der Waals surface area contributed by atoms with Crippen molar-refractivity contribution in [3.05, 3.63) is 52.6 Å². The molecular weight excluding hydrogens is 331 g/mol. The molecule has 3 aromatic rings. The molecule has 0 atom stereocenters. The molecule has 1 aromatic heterocycles. The molecular formula is C17H13FN2O3S. The smallest absolute Gasteiger partial charge is 0.252 e. The predicted molar refractivity (Wildman–Crippen MR) is 87.6 cm³/mol. The van der Waals surface area contributed by atoms with Crippen LogP contribution in [0.3, 0.4) is 0 Å². The normalized spacial score (nSPS) is 13.7. The van der Waals surface area contributed by atoms with Gasteiger partial charge in [0.2, 0.25) is 6.79 Å². The Morgan fingerprint density at radius 2 is 2.08 bits per heavy atom. The van der Waals surface area contributed by atoms with Crippen LogP contribution < -0.4 is 14.3 Å². The minimum absolute atomic E-state index is 0.166. The van der Waals surface area contributed by atoms with Crippen molar-refractivity contribution < 1.29 is 18.7 Å². The molecule has 0 aliphatic carbocycles. The molecule has 1 amide bonds. The summed E-state index contributed by atoms with van der Waals surface area (Å²) in [5.41, 5.74) is 1.65. The number of rotatable bonds is 2. The van der Waals surface area contributed by atoms with Gasteiger partial charge in [0.25, 0.3) is 5.91 Å². The molecule has 2 heterocycles. The zero-order valence-corrected chi connectivity index (χ0v) is 13.6. The molecule has 122 valence electrons. The van der Waals surface area contributed by atoms with E-state index in [1.54, 1.807) is 22.8 Å². The van der Waals surface area contributed by atoms with Crippen LogP contribution in [0.5, 0.6) is 11.5 Å². The van der Waals surface area contributed by atoms with Gasteiger partial charge in [-0.05, 0) is 35.9 Å². The molecule has 0 radical (unpaired) electrons. The van der Waals surface area contributed by atoms with Crippen LogP contribution in [-0.2, 0) is 18.3 Å². The van der Waals surface area contributed by atoms with E-state index in [4.69, 9.17) is 9.47 Å². The molecule has 4 rings (SSSR count). The summed E-state index contributed by atoms with van der Waals surface area (Å²) in [6.07, 6.45) is 0.166. The van der Waals surface area contributed by atoms with Gasteiger partial charge in [-0.15, -0.1) is 0 Å². The van der Waals surface area contributed by atoms with Gasteiger partial charge < -0.3 is 14.0 Å². The summed E-state index contributed by atoms with van der Waals surface area (Å²) in [5.74, 6) is 0.753. The number of hydrogen-bond acceptors (Lipinski definition) is 4. The minimum atomic E-state index is -0.303. The van der Waals surface area contributed by atoms with Crippen molar-refractivity contribution in [3.8, 4) is 11.5 Å². The molecule has 7 heteroatoms. The Morgan fingerprint density at radius 1 is 1.25 bits per heavy atom. The number of benzene rings is 2. The van der Waals surface area contributed by atoms with Gasteiger partial charge in [0.1, 0.15) is 5.82 Å². The summed E-state index contributed by atoms with van der Waals surface area (Å²) in [4.78, 5) is 17.0. The largest absolute Gasteiger partial charge is 0.454 e. The molecule has 0 bridgehead atoms.